The lowest BCUT2D eigenvalue weighted by Gasteiger charge is -2.13. The third-order valence-electron chi connectivity index (χ3n) is 5.57. The fraction of sp³-hybridized carbons (Fsp3) is 0.0714. The maximum absolute atomic E-state index is 13.0. The third-order valence-corrected chi connectivity index (χ3v) is 6.35. The van der Waals surface area contributed by atoms with Crippen LogP contribution in [0.5, 0.6) is 0 Å². The molecule has 0 aliphatic heterocycles. The van der Waals surface area contributed by atoms with Crippen LogP contribution >= 0.6 is 23.2 Å². The number of nitrogens with one attached hydrogen (secondary N) is 1. The normalized spacial score (nSPS) is 11.3. The van der Waals surface area contributed by atoms with Crippen LogP contribution in [0.4, 0.5) is 5.69 Å². The number of hydrogen-bond acceptors (Lipinski definition) is 2. The maximum Gasteiger partial charge on any atom is 0.266 e. The van der Waals surface area contributed by atoms with E-state index < -0.39 is 5.91 Å². The molecule has 4 aromatic carbocycles. The average molecular weight is 471 g/mol. The lowest BCUT2D eigenvalue weighted by atomic mass is 9.93. The van der Waals surface area contributed by atoms with Crippen LogP contribution in [0.2, 0.25) is 10.0 Å². The molecule has 0 radical (unpaired) electrons. The summed E-state index contributed by atoms with van der Waals surface area (Å²) < 4.78 is 0. The summed E-state index contributed by atoms with van der Waals surface area (Å²) in [6.45, 7) is 1.82. The minimum Gasteiger partial charge on any atom is -0.321 e. The number of carbonyl (C=O) groups is 1. The molecule has 0 spiro atoms. The van der Waals surface area contributed by atoms with Crippen molar-refractivity contribution in [3.05, 3.63) is 117 Å². The number of anilines is 1. The number of benzene rings is 4. The van der Waals surface area contributed by atoms with Gasteiger partial charge in [-0.25, -0.2) is 0 Å². The molecule has 1 amide bonds. The Morgan fingerprint density at radius 3 is 2.42 bits per heavy atom. The fourth-order valence-electron chi connectivity index (χ4n) is 3.74. The van der Waals surface area contributed by atoms with Crippen molar-refractivity contribution in [2.45, 2.75) is 13.3 Å². The predicted octanol–water partition coefficient (Wildman–Crippen LogP) is 7.59. The molecule has 0 aromatic heterocycles. The van der Waals surface area contributed by atoms with E-state index in [1.54, 1.807) is 24.3 Å². The van der Waals surface area contributed by atoms with E-state index in [4.69, 9.17) is 23.2 Å². The molecule has 0 bridgehead atoms. The van der Waals surface area contributed by atoms with Gasteiger partial charge < -0.3 is 5.32 Å². The Balaban J connectivity index is 1.79. The summed E-state index contributed by atoms with van der Waals surface area (Å²) >= 11 is 12.6. The molecule has 0 saturated heterocycles. The van der Waals surface area contributed by atoms with Gasteiger partial charge in [0.05, 0.1) is 0 Å². The van der Waals surface area contributed by atoms with Crippen molar-refractivity contribution in [3.63, 3.8) is 0 Å². The van der Waals surface area contributed by atoms with E-state index in [9.17, 15) is 10.1 Å². The quantitative estimate of drug-likeness (QED) is 0.241. The van der Waals surface area contributed by atoms with Crippen molar-refractivity contribution in [2.24, 2.45) is 0 Å². The van der Waals surface area contributed by atoms with E-state index in [0.717, 1.165) is 33.0 Å². The first-order valence-corrected chi connectivity index (χ1v) is 11.2. The van der Waals surface area contributed by atoms with Crippen LogP contribution in [0, 0.1) is 18.3 Å². The summed E-state index contributed by atoms with van der Waals surface area (Å²) in [5.74, 6) is -0.487. The maximum atomic E-state index is 13.0. The van der Waals surface area contributed by atoms with E-state index in [-0.39, 0.29) is 5.57 Å². The molecule has 33 heavy (non-hydrogen) atoms. The Kier molecular flexibility index (Phi) is 6.79. The Hall–Kier alpha value is -3.58. The SMILES string of the molecule is Cc1c(Cl)cccc1NC(=O)/C(C#N)=C/c1c(Cc2ccccc2Cl)ccc2ccccc12. The zero-order valence-corrected chi connectivity index (χ0v) is 19.4. The number of hydrogen-bond donors (Lipinski definition) is 1. The number of rotatable bonds is 5. The highest BCUT2D eigenvalue weighted by molar-refractivity contribution is 6.32. The van der Waals surface area contributed by atoms with Crippen LogP contribution in [-0.4, -0.2) is 5.91 Å². The predicted molar refractivity (Wildman–Crippen MR) is 137 cm³/mol. The van der Waals surface area contributed by atoms with Gasteiger partial charge in [0, 0.05) is 15.7 Å². The second-order valence-electron chi connectivity index (χ2n) is 7.66. The summed E-state index contributed by atoms with van der Waals surface area (Å²) in [7, 11) is 0. The summed E-state index contributed by atoms with van der Waals surface area (Å²) in [6.07, 6.45) is 2.23. The minimum atomic E-state index is -0.487. The molecular formula is C28H20Cl2N2O. The summed E-state index contributed by atoms with van der Waals surface area (Å²) in [5.41, 5.74) is 4.09. The molecule has 4 aromatic rings. The van der Waals surface area contributed by atoms with Gasteiger partial charge in [0.2, 0.25) is 0 Å². The van der Waals surface area contributed by atoms with Crippen LogP contribution in [0.1, 0.15) is 22.3 Å². The molecule has 0 fully saturated rings. The first-order valence-electron chi connectivity index (χ1n) is 10.4. The highest BCUT2D eigenvalue weighted by Crippen LogP contribution is 2.29. The van der Waals surface area contributed by atoms with Crippen LogP contribution in [0.3, 0.4) is 0 Å². The van der Waals surface area contributed by atoms with Crippen molar-refractivity contribution in [1.29, 1.82) is 5.26 Å². The van der Waals surface area contributed by atoms with Crippen LogP contribution in [-0.2, 0) is 11.2 Å². The summed E-state index contributed by atoms with van der Waals surface area (Å²) in [4.78, 5) is 13.0. The van der Waals surface area contributed by atoms with Gasteiger partial charge in [0.1, 0.15) is 11.6 Å². The van der Waals surface area contributed by atoms with Crippen molar-refractivity contribution in [3.8, 4) is 6.07 Å². The van der Waals surface area contributed by atoms with Gasteiger partial charge in [0.15, 0.2) is 0 Å². The molecule has 162 valence electrons. The first kappa shape index (κ1) is 22.6. The second kappa shape index (κ2) is 9.92. The standard InChI is InChI=1S/C28H20Cl2N2O/c1-18-25(29)11-6-12-27(18)32-28(33)22(17-31)16-24-20(15-21-8-3-5-10-26(21)30)14-13-19-7-2-4-9-23(19)24/h2-14,16H,15H2,1H3,(H,32,33)/b22-16+. The molecule has 4 rings (SSSR count). The molecule has 0 heterocycles. The minimum absolute atomic E-state index is 0.00568. The Bertz CT molecular complexity index is 1430. The van der Waals surface area contributed by atoms with E-state index in [1.807, 2.05) is 67.6 Å². The molecule has 0 atom stereocenters. The Labute approximate surface area is 202 Å². The lowest BCUT2D eigenvalue weighted by molar-refractivity contribution is -0.112. The summed E-state index contributed by atoms with van der Waals surface area (Å²) in [6, 6.07) is 27.0. The van der Waals surface area contributed by atoms with E-state index in [2.05, 4.69) is 11.4 Å². The van der Waals surface area contributed by atoms with Gasteiger partial charge in [-0.05, 0) is 70.6 Å². The highest BCUT2D eigenvalue weighted by atomic mass is 35.5. The topological polar surface area (TPSA) is 52.9 Å². The number of carbonyl (C=O) groups excluding carboxylic acids is 1. The van der Waals surface area contributed by atoms with Crippen LogP contribution in [0.15, 0.2) is 84.4 Å². The third kappa shape index (κ3) is 4.93. The molecule has 3 nitrogen and oxygen atoms in total. The fourth-order valence-corrected chi connectivity index (χ4v) is 4.11. The molecule has 5 heteroatoms. The van der Waals surface area contributed by atoms with Crippen LogP contribution < -0.4 is 5.32 Å². The molecule has 0 unspecified atom stereocenters. The number of fused-ring (bicyclic) bond motifs is 1. The largest absolute Gasteiger partial charge is 0.321 e. The van der Waals surface area contributed by atoms with E-state index in [0.29, 0.717) is 22.2 Å². The van der Waals surface area contributed by atoms with Gasteiger partial charge >= 0.3 is 0 Å². The smallest absolute Gasteiger partial charge is 0.266 e. The number of amides is 1. The Morgan fingerprint density at radius 1 is 0.909 bits per heavy atom. The van der Waals surface area contributed by atoms with E-state index in [1.165, 1.54) is 0 Å². The molecule has 0 aliphatic rings. The molecule has 0 aliphatic carbocycles. The molecule has 1 N–H and O–H groups in total. The van der Waals surface area contributed by atoms with Crippen molar-refractivity contribution in [2.75, 3.05) is 5.32 Å². The molecular weight excluding hydrogens is 451 g/mol. The number of nitrogens with zero attached hydrogens (tertiary/aromatic N) is 1. The highest BCUT2D eigenvalue weighted by Gasteiger charge is 2.15. The Morgan fingerprint density at radius 2 is 1.64 bits per heavy atom. The summed E-state index contributed by atoms with van der Waals surface area (Å²) in [5, 5.41) is 15.9. The lowest BCUT2D eigenvalue weighted by Crippen LogP contribution is -2.14. The van der Waals surface area contributed by atoms with E-state index >= 15 is 0 Å². The van der Waals surface area contributed by atoms with Gasteiger partial charge in [-0.1, -0.05) is 83.9 Å². The van der Waals surface area contributed by atoms with Gasteiger partial charge in [-0.2, -0.15) is 5.26 Å². The zero-order chi connectivity index (χ0) is 23.4. The first-order chi connectivity index (χ1) is 16.0. The zero-order valence-electron chi connectivity index (χ0n) is 17.9. The van der Waals surface area contributed by atoms with Crippen molar-refractivity contribution >= 4 is 51.6 Å². The number of halogens is 2. The van der Waals surface area contributed by atoms with Gasteiger partial charge in [-0.15, -0.1) is 0 Å². The van der Waals surface area contributed by atoms with Crippen LogP contribution in [0.25, 0.3) is 16.8 Å². The van der Waals surface area contributed by atoms with Crippen molar-refractivity contribution in [1.82, 2.24) is 0 Å². The van der Waals surface area contributed by atoms with Gasteiger partial charge in [0.25, 0.3) is 5.91 Å². The van der Waals surface area contributed by atoms with Gasteiger partial charge in [-0.3, -0.25) is 4.79 Å². The molecule has 0 saturated carbocycles. The second-order valence-corrected chi connectivity index (χ2v) is 8.48. The number of nitriles is 1. The average Bonchev–Trinajstić information content (AvgIpc) is 2.82. The van der Waals surface area contributed by atoms with Crippen molar-refractivity contribution < 1.29 is 4.79 Å². The monoisotopic (exact) mass is 470 g/mol.